The molecule has 7 nitrogen and oxygen atoms in total. The van der Waals surface area contributed by atoms with Gasteiger partial charge < -0.3 is 15.6 Å². The van der Waals surface area contributed by atoms with Crippen LogP contribution in [0.15, 0.2) is 53.3 Å². The molecule has 0 bridgehead atoms. The zero-order valence-corrected chi connectivity index (χ0v) is 19.5. The molecule has 0 spiro atoms. The first-order chi connectivity index (χ1) is 16.3. The summed E-state index contributed by atoms with van der Waals surface area (Å²) in [7, 11) is 0. The fraction of sp³-hybridized carbons (Fsp3) is 0.200. The zero-order chi connectivity index (χ0) is 24.2. The second kappa shape index (κ2) is 9.96. The first kappa shape index (κ1) is 23.3. The van der Waals surface area contributed by atoms with E-state index < -0.39 is 5.82 Å². The van der Waals surface area contributed by atoms with Gasteiger partial charge in [0, 0.05) is 35.5 Å². The van der Waals surface area contributed by atoms with E-state index in [0.717, 1.165) is 16.0 Å². The minimum Gasteiger partial charge on any atom is -0.352 e. The predicted octanol–water partition coefficient (Wildman–Crippen LogP) is 4.24. The number of fused-ring (bicyclic) bond motifs is 1. The third kappa shape index (κ3) is 5.37. The van der Waals surface area contributed by atoms with E-state index >= 15 is 0 Å². The van der Waals surface area contributed by atoms with Gasteiger partial charge in [0.25, 0.3) is 11.5 Å². The van der Waals surface area contributed by atoms with Crippen molar-refractivity contribution in [1.29, 1.82) is 0 Å². The second-order valence-electron chi connectivity index (χ2n) is 7.91. The van der Waals surface area contributed by atoms with Crippen LogP contribution in [-0.4, -0.2) is 21.8 Å². The molecule has 0 aliphatic heterocycles. The van der Waals surface area contributed by atoms with E-state index in [4.69, 9.17) is 0 Å². The van der Waals surface area contributed by atoms with Gasteiger partial charge >= 0.3 is 0 Å². The molecule has 174 valence electrons. The number of H-pyrrole nitrogens is 1. The summed E-state index contributed by atoms with van der Waals surface area (Å²) in [5, 5.41) is 6.22. The van der Waals surface area contributed by atoms with Crippen molar-refractivity contribution in [2.24, 2.45) is 0 Å². The molecule has 0 unspecified atom stereocenters. The molecule has 0 radical (unpaired) electrons. The molecule has 4 aromatic rings. The van der Waals surface area contributed by atoms with Crippen molar-refractivity contribution in [3.63, 3.8) is 0 Å². The molecule has 0 saturated heterocycles. The standard InChI is InChI=1S/C25H23FN4O3S/c1-14-15(2)34-25-22(14)24(33)29-20(30-25)10-11-21(31)27-13-16-4-3-5-19(12-16)28-23(32)17-6-8-18(26)9-7-17/h3-9,12H,10-11,13H2,1-2H3,(H,27,31)(H,28,32)(H,29,30,33). The lowest BCUT2D eigenvalue weighted by molar-refractivity contribution is -0.121. The highest BCUT2D eigenvalue weighted by Crippen LogP contribution is 2.25. The number of nitrogens with one attached hydrogen (secondary N) is 3. The fourth-order valence-corrected chi connectivity index (χ4v) is 4.55. The highest BCUT2D eigenvalue weighted by Gasteiger charge is 2.13. The number of anilines is 1. The van der Waals surface area contributed by atoms with Crippen LogP contribution in [0, 0.1) is 19.7 Å². The molecular weight excluding hydrogens is 455 g/mol. The summed E-state index contributed by atoms with van der Waals surface area (Å²) < 4.78 is 13.0. The Balaban J connectivity index is 1.32. The molecule has 2 heterocycles. The number of benzene rings is 2. The van der Waals surface area contributed by atoms with Crippen LogP contribution in [-0.2, 0) is 17.8 Å². The maximum atomic E-state index is 13.0. The average Bonchev–Trinajstić information content (AvgIpc) is 3.10. The van der Waals surface area contributed by atoms with E-state index in [9.17, 15) is 18.8 Å². The van der Waals surface area contributed by atoms with E-state index in [-0.39, 0.29) is 30.3 Å². The van der Waals surface area contributed by atoms with Crippen molar-refractivity contribution in [2.45, 2.75) is 33.2 Å². The molecule has 2 aromatic heterocycles. The third-order valence-corrected chi connectivity index (χ3v) is 6.56. The number of aromatic nitrogens is 2. The van der Waals surface area contributed by atoms with Gasteiger partial charge in [0.1, 0.15) is 16.5 Å². The molecule has 0 fully saturated rings. The van der Waals surface area contributed by atoms with Gasteiger partial charge in [0.2, 0.25) is 5.91 Å². The normalized spacial score (nSPS) is 10.9. The molecule has 0 atom stereocenters. The van der Waals surface area contributed by atoms with Crippen LogP contribution in [0.5, 0.6) is 0 Å². The molecule has 2 aromatic carbocycles. The van der Waals surface area contributed by atoms with Crippen molar-refractivity contribution in [3.8, 4) is 0 Å². The number of carbonyl (C=O) groups excluding carboxylic acids is 2. The maximum absolute atomic E-state index is 13.0. The third-order valence-electron chi connectivity index (χ3n) is 5.46. The Morgan fingerprint density at radius 1 is 1.12 bits per heavy atom. The van der Waals surface area contributed by atoms with Gasteiger partial charge in [-0.3, -0.25) is 14.4 Å². The summed E-state index contributed by atoms with van der Waals surface area (Å²) in [4.78, 5) is 46.0. The van der Waals surface area contributed by atoms with Crippen LogP contribution in [0.2, 0.25) is 0 Å². The Hall–Kier alpha value is -3.85. The number of amides is 2. The first-order valence-corrected chi connectivity index (χ1v) is 11.5. The zero-order valence-electron chi connectivity index (χ0n) is 18.7. The molecule has 2 amide bonds. The number of rotatable bonds is 7. The molecule has 3 N–H and O–H groups in total. The first-order valence-electron chi connectivity index (χ1n) is 10.7. The summed E-state index contributed by atoms with van der Waals surface area (Å²) in [6, 6.07) is 12.4. The number of aromatic amines is 1. The Bertz CT molecular complexity index is 1430. The smallest absolute Gasteiger partial charge is 0.259 e. The summed E-state index contributed by atoms with van der Waals surface area (Å²) >= 11 is 1.48. The van der Waals surface area contributed by atoms with Gasteiger partial charge in [0.15, 0.2) is 0 Å². The minimum absolute atomic E-state index is 0.179. The van der Waals surface area contributed by atoms with Crippen molar-refractivity contribution in [2.75, 3.05) is 5.32 Å². The lowest BCUT2D eigenvalue weighted by atomic mass is 10.1. The highest BCUT2D eigenvalue weighted by atomic mass is 32.1. The van der Waals surface area contributed by atoms with Gasteiger partial charge in [-0.05, 0) is 61.4 Å². The van der Waals surface area contributed by atoms with Crippen molar-refractivity contribution < 1.29 is 14.0 Å². The number of hydrogen-bond donors (Lipinski definition) is 3. The summed E-state index contributed by atoms with van der Waals surface area (Å²) in [5.41, 5.74) is 2.48. The largest absolute Gasteiger partial charge is 0.352 e. The van der Waals surface area contributed by atoms with E-state index in [0.29, 0.717) is 33.7 Å². The lowest BCUT2D eigenvalue weighted by Crippen LogP contribution is -2.24. The number of aryl methyl sites for hydroxylation is 3. The minimum atomic E-state index is -0.409. The number of carbonyl (C=O) groups is 2. The number of halogens is 1. The molecule has 9 heteroatoms. The van der Waals surface area contributed by atoms with Crippen LogP contribution in [0.25, 0.3) is 10.2 Å². The Morgan fingerprint density at radius 2 is 1.88 bits per heavy atom. The number of nitrogens with zero attached hydrogens (tertiary/aromatic N) is 1. The maximum Gasteiger partial charge on any atom is 0.259 e. The van der Waals surface area contributed by atoms with E-state index in [1.54, 1.807) is 18.2 Å². The summed E-state index contributed by atoms with van der Waals surface area (Å²) in [6.07, 6.45) is 0.500. The lowest BCUT2D eigenvalue weighted by Gasteiger charge is -2.09. The monoisotopic (exact) mass is 478 g/mol. The Morgan fingerprint density at radius 3 is 2.65 bits per heavy atom. The topological polar surface area (TPSA) is 104 Å². The quantitative estimate of drug-likeness (QED) is 0.370. The van der Waals surface area contributed by atoms with Crippen LogP contribution < -0.4 is 16.2 Å². The SMILES string of the molecule is Cc1sc2nc(CCC(=O)NCc3cccc(NC(=O)c4ccc(F)cc4)c3)[nH]c(=O)c2c1C. The summed E-state index contributed by atoms with van der Waals surface area (Å²) in [6.45, 7) is 4.14. The van der Waals surface area contributed by atoms with Crippen LogP contribution in [0.1, 0.15) is 38.6 Å². The molecule has 0 aliphatic carbocycles. The fourth-order valence-electron chi connectivity index (χ4n) is 3.50. The second-order valence-corrected chi connectivity index (χ2v) is 9.12. The summed E-state index contributed by atoms with van der Waals surface area (Å²) in [5.74, 6) is -0.453. The molecule has 34 heavy (non-hydrogen) atoms. The number of thiophene rings is 1. The van der Waals surface area contributed by atoms with Gasteiger partial charge in [0.05, 0.1) is 5.39 Å². The van der Waals surface area contributed by atoms with Crippen molar-refractivity contribution in [3.05, 3.63) is 92.1 Å². The molecule has 4 rings (SSSR count). The average molecular weight is 479 g/mol. The van der Waals surface area contributed by atoms with Crippen LogP contribution in [0.3, 0.4) is 0 Å². The molecular formula is C25H23FN4O3S. The van der Waals surface area contributed by atoms with E-state index in [1.165, 1.54) is 35.6 Å². The van der Waals surface area contributed by atoms with E-state index in [1.807, 2.05) is 19.9 Å². The van der Waals surface area contributed by atoms with Gasteiger partial charge in [-0.15, -0.1) is 11.3 Å². The van der Waals surface area contributed by atoms with Gasteiger partial charge in [-0.25, -0.2) is 9.37 Å². The number of hydrogen-bond acceptors (Lipinski definition) is 5. The molecule has 0 aliphatic rings. The van der Waals surface area contributed by atoms with Crippen molar-refractivity contribution >= 4 is 39.1 Å². The Kier molecular flexibility index (Phi) is 6.83. The highest BCUT2D eigenvalue weighted by molar-refractivity contribution is 7.18. The van der Waals surface area contributed by atoms with Crippen LogP contribution in [0.4, 0.5) is 10.1 Å². The molecule has 0 saturated carbocycles. The predicted molar refractivity (Wildman–Crippen MR) is 131 cm³/mol. The van der Waals surface area contributed by atoms with Crippen LogP contribution >= 0.6 is 11.3 Å². The van der Waals surface area contributed by atoms with Gasteiger partial charge in [-0.1, -0.05) is 12.1 Å². The van der Waals surface area contributed by atoms with Gasteiger partial charge in [-0.2, -0.15) is 0 Å². The van der Waals surface area contributed by atoms with E-state index in [2.05, 4.69) is 20.6 Å². The van der Waals surface area contributed by atoms with Crippen molar-refractivity contribution in [1.82, 2.24) is 15.3 Å². The Labute approximate surface area is 199 Å².